The van der Waals surface area contributed by atoms with Crippen LogP contribution >= 0.6 is 0 Å². The number of aromatic nitrogens is 2. The maximum Gasteiger partial charge on any atom is 0.107 e. The fourth-order valence-electron chi connectivity index (χ4n) is 1.70. The second-order valence-electron chi connectivity index (χ2n) is 4.26. The minimum atomic E-state index is 0.634. The summed E-state index contributed by atoms with van der Waals surface area (Å²) in [5.74, 6) is 1.71. The van der Waals surface area contributed by atoms with E-state index < -0.39 is 0 Å². The number of hydrogen-bond donors (Lipinski definition) is 2. The highest BCUT2D eigenvalue weighted by Crippen LogP contribution is 2.17. The predicted molar refractivity (Wildman–Crippen MR) is 64.2 cm³/mol. The van der Waals surface area contributed by atoms with Gasteiger partial charge in [0, 0.05) is 19.2 Å². The van der Waals surface area contributed by atoms with Crippen LogP contribution in [0.3, 0.4) is 0 Å². The average Bonchev–Trinajstić information content (AvgIpc) is 2.57. The molecule has 3 heteroatoms. The summed E-state index contributed by atoms with van der Waals surface area (Å²) in [6.07, 6.45) is 1.00. The van der Waals surface area contributed by atoms with E-state index in [2.05, 4.69) is 35.2 Å². The van der Waals surface area contributed by atoms with Gasteiger partial charge in [-0.3, -0.25) is 0 Å². The summed E-state index contributed by atoms with van der Waals surface area (Å²) in [6, 6.07) is 6.18. The number of imidazole rings is 1. The van der Waals surface area contributed by atoms with Gasteiger partial charge < -0.3 is 10.3 Å². The highest BCUT2D eigenvalue weighted by molar-refractivity contribution is 5.79. The van der Waals surface area contributed by atoms with Crippen molar-refractivity contribution >= 4 is 16.7 Å². The number of hydrogen-bond acceptors (Lipinski definition) is 2. The lowest BCUT2D eigenvalue weighted by Crippen LogP contribution is -1.95. The summed E-state index contributed by atoms with van der Waals surface area (Å²) < 4.78 is 0. The van der Waals surface area contributed by atoms with Crippen LogP contribution in [0.4, 0.5) is 5.69 Å². The molecule has 2 N–H and O–H groups in total. The summed E-state index contributed by atoms with van der Waals surface area (Å²) >= 11 is 0. The first kappa shape index (κ1) is 10.0. The van der Waals surface area contributed by atoms with Crippen LogP contribution in [0.1, 0.15) is 19.7 Å². The van der Waals surface area contributed by atoms with Gasteiger partial charge in [0.25, 0.3) is 0 Å². The summed E-state index contributed by atoms with van der Waals surface area (Å²) in [5, 5.41) is 3.12. The average molecular weight is 203 g/mol. The van der Waals surface area contributed by atoms with E-state index in [-0.39, 0.29) is 0 Å². The van der Waals surface area contributed by atoms with Crippen LogP contribution in [0.15, 0.2) is 18.2 Å². The van der Waals surface area contributed by atoms with Gasteiger partial charge in [-0.1, -0.05) is 13.8 Å². The third kappa shape index (κ3) is 2.12. The van der Waals surface area contributed by atoms with Gasteiger partial charge in [0.05, 0.1) is 11.0 Å². The fraction of sp³-hybridized carbons (Fsp3) is 0.417. The number of nitrogens with one attached hydrogen (secondary N) is 2. The second kappa shape index (κ2) is 3.93. The molecule has 2 rings (SSSR count). The minimum absolute atomic E-state index is 0.634. The van der Waals surface area contributed by atoms with Gasteiger partial charge in [0.2, 0.25) is 0 Å². The number of nitrogens with zero attached hydrogens (tertiary/aromatic N) is 1. The summed E-state index contributed by atoms with van der Waals surface area (Å²) in [6.45, 7) is 4.40. The molecule has 0 aliphatic rings. The maximum absolute atomic E-state index is 4.54. The SMILES string of the molecule is CNc1ccc2nc(CC(C)C)[nH]c2c1. The lowest BCUT2D eigenvalue weighted by Gasteiger charge is -1.98. The molecule has 80 valence electrons. The Balaban J connectivity index is 2.37. The first-order valence-electron chi connectivity index (χ1n) is 5.35. The predicted octanol–water partition coefficient (Wildman–Crippen LogP) is 2.80. The van der Waals surface area contributed by atoms with Gasteiger partial charge >= 0.3 is 0 Å². The van der Waals surface area contributed by atoms with Crippen molar-refractivity contribution in [3.8, 4) is 0 Å². The highest BCUT2D eigenvalue weighted by Gasteiger charge is 2.04. The molecule has 2 aromatic rings. The third-order valence-corrected chi connectivity index (χ3v) is 2.42. The lowest BCUT2D eigenvalue weighted by molar-refractivity contribution is 0.627. The van der Waals surface area contributed by atoms with Crippen molar-refractivity contribution in [3.05, 3.63) is 24.0 Å². The Morgan fingerprint density at radius 2 is 2.20 bits per heavy atom. The third-order valence-electron chi connectivity index (χ3n) is 2.42. The Kier molecular flexibility index (Phi) is 2.62. The first-order chi connectivity index (χ1) is 7.19. The van der Waals surface area contributed by atoms with E-state index in [4.69, 9.17) is 0 Å². The van der Waals surface area contributed by atoms with E-state index in [1.165, 1.54) is 0 Å². The molecule has 1 heterocycles. The Morgan fingerprint density at radius 1 is 1.40 bits per heavy atom. The number of fused-ring (bicyclic) bond motifs is 1. The second-order valence-corrected chi connectivity index (χ2v) is 4.26. The smallest absolute Gasteiger partial charge is 0.107 e. The van der Waals surface area contributed by atoms with Crippen LogP contribution in [0.2, 0.25) is 0 Å². The van der Waals surface area contributed by atoms with Gasteiger partial charge in [-0.25, -0.2) is 4.98 Å². The van der Waals surface area contributed by atoms with Crippen molar-refractivity contribution in [1.82, 2.24) is 9.97 Å². The van der Waals surface area contributed by atoms with Gasteiger partial charge in [-0.2, -0.15) is 0 Å². The van der Waals surface area contributed by atoms with Crippen molar-refractivity contribution in [2.75, 3.05) is 12.4 Å². The molecule has 0 atom stereocenters. The van der Waals surface area contributed by atoms with Crippen LogP contribution in [0, 0.1) is 5.92 Å². The van der Waals surface area contributed by atoms with E-state index in [1.807, 2.05) is 19.2 Å². The molecule has 0 unspecified atom stereocenters. The molecule has 0 saturated heterocycles. The zero-order chi connectivity index (χ0) is 10.8. The van der Waals surface area contributed by atoms with Crippen LogP contribution in [0.5, 0.6) is 0 Å². The molecule has 0 aliphatic carbocycles. The van der Waals surface area contributed by atoms with Gasteiger partial charge in [-0.15, -0.1) is 0 Å². The van der Waals surface area contributed by atoms with Gasteiger partial charge in [-0.05, 0) is 24.1 Å². The molecule has 0 saturated carbocycles. The maximum atomic E-state index is 4.54. The Labute approximate surface area is 89.9 Å². The van der Waals surface area contributed by atoms with Gasteiger partial charge in [0.1, 0.15) is 5.82 Å². The largest absolute Gasteiger partial charge is 0.388 e. The molecule has 0 bridgehead atoms. The molecule has 0 spiro atoms. The molecular weight excluding hydrogens is 186 g/mol. The van der Waals surface area contributed by atoms with Crippen molar-refractivity contribution in [2.45, 2.75) is 20.3 Å². The molecule has 0 radical (unpaired) electrons. The minimum Gasteiger partial charge on any atom is -0.388 e. The number of rotatable bonds is 3. The molecule has 15 heavy (non-hydrogen) atoms. The van der Waals surface area contributed by atoms with Crippen molar-refractivity contribution < 1.29 is 0 Å². The number of aromatic amines is 1. The van der Waals surface area contributed by atoms with Crippen molar-refractivity contribution in [2.24, 2.45) is 5.92 Å². The Bertz CT molecular complexity index is 457. The van der Waals surface area contributed by atoms with E-state index in [1.54, 1.807) is 0 Å². The zero-order valence-electron chi connectivity index (χ0n) is 9.46. The molecule has 0 amide bonds. The van der Waals surface area contributed by atoms with Crippen molar-refractivity contribution in [1.29, 1.82) is 0 Å². The first-order valence-corrected chi connectivity index (χ1v) is 5.35. The lowest BCUT2D eigenvalue weighted by atomic mass is 10.1. The molecule has 0 aliphatic heterocycles. The Morgan fingerprint density at radius 3 is 2.87 bits per heavy atom. The monoisotopic (exact) mass is 203 g/mol. The fourth-order valence-corrected chi connectivity index (χ4v) is 1.70. The van der Waals surface area contributed by atoms with Crippen LogP contribution in [-0.4, -0.2) is 17.0 Å². The highest BCUT2D eigenvalue weighted by atomic mass is 14.9. The standard InChI is InChI=1S/C12H17N3/c1-8(2)6-12-14-10-5-4-9(13-3)7-11(10)15-12/h4-5,7-8,13H,6H2,1-3H3,(H,14,15). The van der Waals surface area contributed by atoms with Crippen LogP contribution < -0.4 is 5.32 Å². The van der Waals surface area contributed by atoms with E-state index in [9.17, 15) is 0 Å². The normalized spacial score (nSPS) is 11.2. The van der Waals surface area contributed by atoms with E-state index >= 15 is 0 Å². The Hall–Kier alpha value is -1.51. The van der Waals surface area contributed by atoms with Gasteiger partial charge in [0.15, 0.2) is 0 Å². The molecule has 1 aromatic heterocycles. The number of H-pyrrole nitrogens is 1. The van der Waals surface area contributed by atoms with E-state index in [0.717, 1.165) is 29.0 Å². The van der Waals surface area contributed by atoms with Crippen LogP contribution in [0.25, 0.3) is 11.0 Å². The summed E-state index contributed by atoms with van der Waals surface area (Å²) in [5.41, 5.74) is 3.27. The number of anilines is 1. The number of benzene rings is 1. The topological polar surface area (TPSA) is 40.7 Å². The van der Waals surface area contributed by atoms with Crippen molar-refractivity contribution in [3.63, 3.8) is 0 Å². The van der Waals surface area contributed by atoms with E-state index in [0.29, 0.717) is 5.92 Å². The zero-order valence-corrected chi connectivity index (χ0v) is 9.46. The molecular formula is C12H17N3. The molecule has 0 fully saturated rings. The van der Waals surface area contributed by atoms with Crippen LogP contribution in [-0.2, 0) is 6.42 Å². The summed E-state index contributed by atoms with van der Waals surface area (Å²) in [7, 11) is 1.92. The molecule has 3 nitrogen and oxygen atoms in total. The quantitative estimate of drug-likeness (QED) is 0.805. The molecule has 1 aromatic carbocycles. The summed E-state index contributed by atoms with van der Waals surface area (Å²) in [4.78, 5) is 7.90.